The zero-order chi connectivity index (χ0) is 12.6. The van der Waals surface area contributed by atoms with Crippen LogP contribution in [0, 0.1) is 0 Å². The van der Waals surface area contributed by atoms with Crippen molar-refractivity contribution in [3.63, 3.8) is 0 Å². The number of thiophene rings is 1. The van der Waals surface area contributed by atoms with Crippen LogP contribution in [0.5, 0.6) is 0 Å². The summed E-state index contributed by atoms with van der Waals surface area (Å²) in [5.41, 5.74) is 0. The van der Waals surface area contributed by atoms with Crippen molar-refractivity contribution in [1.82, 2.24) is 4.90 Å². The number of carbonyl (C=O) groups excluding carboxylic acids is 1. The molecule has 2 rings (SSSR count). The Labute approximate surface area is 114 Å². The van der Waals surface area contributed by atoms with Gasteiger partial charge in [-0.3, -0.25) is 4.79 Å². The molecule has 18 heavy (non-hydrogen) atoms. The van der Waals surface area contributed by atoms with E-state index in [2.05, 4.69) is 17.5 Å². The van der Waals surface area contributed by atoms with Crippen molar-refractivity contribution < 1.29 is 4.79 Å². The van der Waals surface area contributed by atoms with Crippen LogP contribution in [0.25, 0.3) is 0 Å². The van der Waals surface area contributed by atoms with Gasteiger partial charge in [0.15, 0.2) is 0 Å². The number of amides is 1. The van der Waals surface area contributed by atoms with E-state index in [1.807, 2.05) is 16.2 Å². The number of rotatable bonds is 7. The summed E-state index contributed by atoms with van der Waals surface area (Å²) >= 11 is 1.85. The van der Waals surface area contributed by atoms with Gasteiger partial charge in [-0.2, -0.15) is 0 Å². The monoisotopic (exact) mass is 265 g/mol. The minimum atomic E-state index is 0.380. The minimum Gasteiger partial charge on any atom is -0.343 e. The van der Waals surface area contributed by atoms with Crippen molar-refractivity contribution in [2.24, 2.45) is 0 Å². The Hall–Kier alpha value is -0.830. The highest BCUT2D eigenvalue weighted by molar-refractivity contribution is 7.09. The first-order valence-corrected chi connectivity index (χ1v) is 8.04. The molecule has 1 aliphatic rings. The number of unbranched alkanes of at least 4 members (excludes halogenated alkanes) is 3. The summed E-state index contributed by atoms with van der Waals surface area (Å²) in [7, 11) is 0. The SMILES string of the molecule is O=C(CCCCCCc1cccs1)N1CCCC1. The highest BCUT2D eigenvalue weighted by atomic mass is 32.1. The van der Waals surface area contributed by atoms with E-state index in [1.165, 1.54) is 43.4 Å². The number of nitrogens with zero attached hydrogens (tertiary/aromatic N) is 1. The minimum absolute atomic E-state index is 0.380. The summed E-state index contributed by atoms with van der Waals surface area (Å²) < 4.78 is 0. The molecule has 0 unspecified atom stereocenters. The number of hydrogen-bond acceptors (Lipinski definition) is 2. The van der Waals surface area contributed by atoms with Crippen LogP contribution in [0.4, 0.5) is 0 Å². The molecule has 1 aromatic rings. The molecule has 0 aliphatic carbocycles. The summed E-state index contributed by atoms with van der Waals surface area (Å²) in [5.74, 6) is 0.380. The van der Waals surface area contributed by atoms with Gasteiger partial charge in [-0.05, 0) is 43.6 Å². The molecule has 0 N–H and O–H groups in total. The lowest BCUT2D eigenvalue weighted by atomic mass is 10.1. The fourth-order valence-electron chi connectivity index (χ4n) is 2.51. The standard InChI is InChI=1S/C15H23NOS/c17-15(16-11-5-6-12-16)10-4-2-1-3-8-14-9-7-13-18-14/h7,9,13H,1-6,8,10-12H2. The number of likely N-dealkylation sites (tertiary alicyclic amines) is 1. The predicted octanol–water partition coefficient (Wildman–Crippen LogP) is 3.86. The van der Waals surface area contributed by atoms with E-state index >= 15 is 0 Å². The molecule has 1 aromatic heterocycles. The van der Waals surface area contributed by atoms with Gasteiger partial charge in [0, 0.05) is 24.4 Å². The third kappa shape index (κ3) is 4.45. The molecular weight excluding hydrogens is 242 g/mol. The van der Waals surface area contributed by atoms with Crippen molar-refractivity contribution in [2.45, 2.75) is 51.4 Å². The molecule has 0 aromatic carbocycles. The number of hydrogen-bond donors (Lipinski definition) is 0. The maximum absolute atomic E-state index is 11.8. The summed E-state index contributed by atoms with van der Waals surface area (Å²) in [6.07, 6.45) is 9.16. The lowest BCUT2D eigenvalue weighted by molar-refractivity contribution is -0.130. The molecule has 3 heteroatoms. The van der Waals surface area contributed by atoms with Gasteiger partial charge < -0.3 is 4.90 Å². The molecule has 1 amide bonds. The smallest absolute Gasteiger partial charge is 0.222 e. The Balaban J connectivity index is 1.47. The first-order chi connectivity index (χ1) is 8.86. The molecule has 0 radical (unpaired) electrons. The molecule has 0 bridgehead atoms. The highest BCUT2D eigenvalue weighted by Gasteiger charge is 2.16. The van der Waals surface area contributed by atoms with Crippen molar-refractivity contribution in [3.8, 4) is 0 Å². The first-order valence-electron chi connectivity index (χ1n) is 7.16. The normalized spacial score (nSPS) is 15.2. The third-order valence-corrected chi connectivity index (χ3v) is 4.54. The molecule has 0 spiro atoms. The van der Waals surface area contributed by atoms with E-state index in [0.29, 0.717) is 5.91 Å². The largest absolute Gasteiger partial charge is 0.343 e. The fourth-order valence-corrected chi connectivity index (χ4v) is 3.26. The Bertz CT molecular complexity index is 341. The zero-order valence-corrected chi connectivity index (χ0v) is 11.9. The van der Waals surface area contributed by atoms with Gasteiger partial charge in [0.1, 0.15) is 0 Å². The van der Waals surface area contributed by atoms with Crippen molar-refractivity contribution in [2.75, 3.05) is 13.1 Å². The summed E-state index contributed by atoms with van der Waals surface area (Å²) in [5, 5.41) is 2.14. The second-order valence-electron chi connectivity index (χ2n) is 5.08. The number of aryl methyl sites for hydroxylation is 1. The van der Waals surface area contributed by atoms with E-state index < -0.39 is 0 Å². The van der Waals surface area contributed by atoms with Gasteiger partial charge in [0.2, 0.25) is 5.91 Å². The summed E-state index contributed by atoms with van der Waals surface area (Å²) in [6, 6.07) is 4.33. The van der Waals surface area contributed by atoms with Crippen LogP contribution < -0.4 is 0 Å². The van der Waals surface area contributed by atoms with E-state index in [9.17, 15) is 4.79 Å². The summed E-state index contributed by atoms with van der Waals surface area (Å²) in [4.78, 5) is 15.3. The van der Waals surface area contributed by atoms with Crippen molar-refractivity contribution in [1.29, 1.82) is 0 Å². The molecule has 0 atom stereocenters. The van der Waals surface area contributed by atoms with Gasteiger partial charge in [-0.1, -0.05) is 18.9 Å². The van der Waals surface area contributed by atoms with Gasteiger partial charge in [0.05, 0.1) is 0 Å². The topological polar surface area (TPSA) is 20.3 Å². The zero-order valence-electron chi connectivity index (χ0n) is 11.1. The molecule has 1 saturated heterocycles. The van der Waals surface area contributed by atoms with E-state index in [0.717, 1.165) is 25.9 Å². The van der Waals surface area contributed by atoms with Crippen LogP contribution in [-0.4, -0.2) is 23.9 Å². The highest BCUT2D eigenvalue weighted by Crippen LogP contribution is 2.15. The lowest BCUT2D eigenvalue weighted by Crippen LogP contribution is -2.27. The van der Waals surface area contributed by atoms with Gasteiger partial charge >= 0.3 is 0 Å². The summed E-state index contributed by atoms with van der Waals surface area (Å²) in [6.45, 7) is 1.99. The van der Waals surface area contributed by atoms with Crippen molar-refractivity contribution >= 4 is 17.2 Å². The molecule has 100 valence electrons. The maximum Gasteiger partial charge on any atom is 0.222 e. The van der Waals surface area contributed by atoms with Crippen LogP contribution in [-0.2, 0) is 11.2 Å². The van der Waals surface area contributed by atoms with Gasteiger partial charge in [-0.25, -0.2) is 0 Å². The molecular formula is C15H23NOS. The fraction of sp³-hybridized carbons (Fsp3) is 0.667. The lowest BCUT2D eigenvalue weighted by Gasteiger charge is -2.14. The molecule has 2 heterocycles. The molecule has 1 fully saturated rings. The second kappa shape index (κ2) is 7.57. The van der Waals surface area contributed by atoms with Crippen LogP contribution in [0.3, 0.4) is 0 Å². The maximum atomic E-state index is 11.8. The van der Waals surface area contributed by atoms with E-state index in [4.69, 9.17) is 0 Å². The van der Waals surface area contributed by atoms with Crippen LogP contribution >= 0.6 is 11.3 Å². The average molecular weight is 265 g/mol. The van der Waals surface area contributed by atoms with Crippen molar-refractivity contribution in [3.05, 3.63) is 22.4 Å². The van der Waals surface area contributed by atoms with Gasteiger partial charge in [0.25, 0.3) is 0 Å². The molecule has 0 saturated carbocycles. The van der Waals surface area contributed by atoms with E-state index in [-0.39, 0.29) is 0 Å². The second-order valence-corrected chi connectivity index (χ2v) is 6.11. The molecule has 2 nitrogen and oxygen atoms in total. The van der Waals surface area contributed by atoms with Crippen LogP contribution in [0.1, 0.15) is 49.8 Å². The Morgan fingerprint density at radius 3 is 2.67 bits per heavy atom. The quantitative estimate of drug-likeness (QED) is 0.685. The third-order valence-electron chi connectivity index (χ3n) is 3.60. The average Bonchev–Trinajstić information content (AvgIpc) is 3.05. The first kappa shape index (κ1) is 13.6. The Morgan fingerprint density at radius 1 is 1.17 bits per heavy atom. The predicted molar refractivity (Wildman–Crippen MR) is 76.9 cm³/mol. The van der Waals surface area contributed by atoms with E-state index in [1.54, 1.807) is 0 Å². The Kier molecular flexibility index (Phi) is 5.72. The van der Waals surface area contributed by atoms with Crippen LogP contribution in [0.15, 0.2) is 17.5 Å². The molecule has 1 aliphatic heterocycles. The number of carbonyl (C=O) groups is 1. The van der Waals surface area contributed by atoms with Crippen LogP contribution in [0.2, 0.25) is 0 Å². The Morgan fingerprint density at radius 2 is 1.94 bits per heavy atom. The van der Waals surface area contributed by atoms with Gasteiger partial charge in [-0.15, -0.1) is 11.3 Å².